The number of carbonyl (C=O) groups is 1. The summed E-state index contributed by atoms with van der Waals surface area (Å²) in [4.78, 5) is 21.4. The van der Waals surface area contributed by atoms with Gasteiger partial charge in [0.2, 0.25) is 5.75 Å². The third-order valence-electron chi connectivity index (χ3n) is 3.28. The Morgan fingerprint density at radius 1 is 1.40 bits per heavy atom. The fourth-order valence-corrected chi connectivity index (χ4v) is 2.33. The minimum absolute atomic E-state index is 0.0353. The zero-order chi connectivity index (χ0) is 14.7. The van der Waals surface area contributed by atoms with Gasteiger partial charge in [0.1, 0.15) is 0 Å². The zero-order valence-electron chi connectivity index (χ0n) is 11.0. The molecule has 1 saturated carbocycles. The Morgan fingerprint density at radius 3 is 2.55 bits per heavy atom. The molecule has 0 heterocycles. The summed E-state index contributed by atoms with van der Waals surface area (Å²) in [6, 6.07) is 2.25. The molecule has 0 atom stereocenters. The van der Waals surface area contributed by atoms with Gasteiger partial charge in [-0.05, 0) is 31.7 Å². The van der Waals surface area contributed by atoms with Crippen molar-refractivity contribution in [3.63, 3.8) is 0 Å². The summed E-state index contributed by atoms with van der Waals surface area (Å²) in [5.41, 5.74) is -0.592. The first-order chi connectivity index (χ1) is 9.52. The summed E-state index contributed by atoms with van der Waals surface area (Å²) in [6.07, 6.45) is 3.73. The highest BCUT2D eigenvalue weighted by Gasteiger charge is 2.26. The number of carboxylic acids is 1. The number of rotatable bonds is 5. The Labute approximate surface area is 115 Å². The third-order valence-corrected chi connectivity index (χ3v) is 3.28. The number of nitro groups is 1. The van der Waals surface area contributed by atoms with Crippen molar-refractivity contribution in [2.24, 2.45) is 0 Å². The van der Waals surface area contributed by atoms with Crippen LogP contribution in [0.4, 0.5) is 5.69 Å². The molecule has 1 fully saturated rings. The fourth-order valence-electron chi connectivity index (χ4n) is 2.33. The molecule has 0 aliphatic heterocycles. The second-order valence-electron chi connectivity index (χ2n) is 4.61. The molecule has 7 nitrogen and oxygen atoms in total. The Hall–Kier alpha value is -2.31. The summed E-state index contributed by atoms with van der Waals surface area (Å²) in [6.45, 7) is 0. The molecule has 108 valence electrons. The molecule has 1 aromatic carbocycles. The van der Waals surface area contributed by atoms with Crippen molar-refractivity contribution < 1.29 is 24.3 Å². The maximum atomic E-state index is 11.0. The molecule has 0 spiro atoms. The van der Waals surface area contributed by atoms with Crippen LogP contribution >= 0.6 is 0 Å². The molecule has 1 aliphatic carbocycles. The molecule has 1 aromatic rings. The maximum Gasteiger partial charge on any atom is 0.336 e. The molecular formula is C13H15NO6. The smallest absolute Gasteiger partial charge is 0.336 e. The van der Waals surface area contributed by atoms with Crippen molar-refractivity contribution in [3.05, 3.63) is 27.8 Å². The molecule has 0 saturated heterocycles. The van der Waals surface area contributed by atoms with Gasteiger partial charge >= 0.3 is 11.7 Å². The monoisotopic (exact) mass is 281 g/mol. The molecule has 20 heavy (non-hydrogen) atoms. The van der Waals surface area contributed by atoms with Crippen molar-refractivity contribution >= 4 is 11.7 Å². The van der Waals surface area contributed by atoms with Crippen LogP contribution < -0.4 is 9.47 Å². The SMILES string of the molecule is COc1c(OC2CCCC2)cc(C(=O)O)cc1[N+](=O)[O-]. The van der Waals surface area contributed by atoms with E-state index in [9.17, 15) is 14.9 Å². The van der Waals surface area contributed by atoms with Gasteiger partial charge in [-0.15, -0.1) is 0 Å². The summed E-state index contributed by atoms with van der Waals surface area (Å²) in [5, 5.41) is 20.0. The number of carboxylic acid groups (broad SMARTS) is 1. The number of methoxy groups -OCH3 is 1. The lowest BCUT2D eigenvalue weighted by Gasteiger charge is -2.16. The molecule has 0 amide bonds. The van der Waals surface area contributed by atoms with E-state index >= 15 is 0 Å². The Bertz CT molecular complexity index is 536. The van der Waals surface area contributed by atoms with Gasteiger partial charge in [-0.1, -0.05) is 0 Å². The molecule has 0 unspecified atom stereocenters. The molecule has 2 rings (SSSR count). The van der Waals surface area contributed by atoms with Gasteiger partial charge in [0, 0.05) is 6.07 Å². The normalized spacial score (nSPS) is 15.1. The van der Waals surface area contributed by atoms with Crippen LogP contribution in [-0.4, -0.2) is 29.2 Å². The predicted octanol–water partition coefficient (Wildman–Crippen LogP) is 2.62. The van der Waals surface area contributed by atoms with E-state index in [4.69, 9.17) is 14.6 Å². The lowest BCUT2D eigenvalue weighted by molar-refractivity contribution is -0.385. The molecular weight excluding hydrogens is 266 g/mol. The van der Waals surface area contributed by atoms with Crippen LogP contribution in [0.5, 0.6) is 11.5 Å². The van der Waals surface area contributed by atoms with E-state index in [-0.39, 0.29) is 23.2 Å². The minimum Gasteiger partial charge on any atom is -0.488 e. The number of benzene rings is 1. The summed E-state index contributed by atoms with van der Waals surface area (Å²) >= 11 is 0. The second kappa shape index (κ2) is 5.77. The van der Waals surface area contributed by atoms with Crippen LogP contribution in [0.3, 0.4) is 0 Å². The minimum atomic E-state index is -1.24. The highest BCUT2D eigenvalue weighted by Crippen LogP contribution is 2.40. The van der Waals surface area contributed by atoms with Gasteiger partial charge in [-0.3, -0.25) is 10.1 Å². The summed E-state index contributed by atoms with van der Waals surface area (Å²) in [5.74, 6) is -1.16. The number of nitro benzene ring substituents is 1. The Balaban J connectivity index is 2.45. The van der Waals surface area contributed by atoms with Gasteiger partial charge in [-0.2, -0.15) is 0 Å². The summed E-state index contributed by atoms with van der Waals surface area (Å²) in [7, 11) is 1.30. The van der Waals surface area contributed by atoms with Gasteiger partial charge in [0.25, 0.3) is 0 Å². The first-order valence-corrected chi connectivity index (χ1v) is 6.29. The van der Waals surface area contributed by atoms with Crippen molar-refractivity contribution in [1.29, 1.82) is 0 Å². The van der Waals surface area contributed by atoms with Crippen molar-refractivity contribution in [1.82, 2.24) is 0 Å². The maximum absolute atomic E-state index is 11.0. The highest BCUT2D eigenvalue weighted by molar-refractivity contribution is 5.90. The van der Waals surface area contributed by atoms with Crippen LogP contribution in [0.15, 0.2) is 12.1 Å². The van der Waals surface area contributed by atoms with Gasteiger partial charge in [-0.25, -0.2) is 4.79 Å². The lowest BCUT2D eigenvalue weighted by atomic mass is 10.1. The third kappa shape index (κ3) is 2.81. The predicted molar refractivity (Wildman–Crippen MR) is 69.5 cm³/mol. The lowest BCUT2D eigenvalue weighted by Crippen LogP contribution is -2.13. The van der Waals surface area contributed by atoms with Crippen LogP contribution in [0, 0.1) is 10.1 Å². The Kier molecular flexibility index (Phi) is 4.07. The number of hydrogen-bond acceptors (Lipinski definition) is 5. The van der Waals surface area contributed by atoms with Crippen molar-refractivity contribution in [3.8, 4) is 11.5 Å². The molecule has 0 radical (unpaired) electrons. The van der Waals surface area contributed by atoms with Crippen molar-refractivity contribution in [2.75, 3.05) is 7.11 Å². The topological polar surface area (TPSA) is 98.9 Å². The average molecular weight is 281 g/mol. The second-order valence-corrected chi connectivity index (χ2v) is 4.61. The van der Waals surface area contributed by atoms with E-state index < -0.39 is 16.6 Å². The average Bonchev–Trinajstić information content (AvgIpc) is 2.90. The molecule has 0 aromatic heterocycles. The molecule has 1 N–H and O–H groups in total. The Morgan fingerprint density at radius 2 is 2.05 bits per heavy atom. The van der Waals surface area contributed by atoms with Gasteiger partial charge in [0.15, 0.2) is 5.75 Å². The highest BCUT2D eigenvalue weighted by atomic mass is 16.6. The molecule has 1 aliphatic rings. The first-order valence-electron chi connectivity index (χ1n) is 6.29. The van der Waals surface area contributed by atoms with Crippen LogP contribution in [0.25, 0.3) is 0 Å². The van der Waals surface area contributed by atoms with Gasteiger partial charge in [0.05, 0.1) is 23.7 Å². The fraction of sp³-hybridized carbons (Fsp3) is 0.462. The number of nitrogens with zero attached hydrogens (tertiary/aromatic N) is 1. The summed E-state index contributed by atoms with van der Waals surface area (Å²) < 4.78 is 10.7. The van der Waals surface area contributed by atoms with E-state index in [2.05, 4.69) is 0 Å². The van der Waals surface area contributed by atoms with E-state index in [1.165, 1.54) is 13.2 Å². The first kappa shape index (κ1) is 14.1. The van der Waals surface area contributed by atoms with E-state index in [1.54, 1.807) is 0 Å². The van der Waals surface area contributed by atoms with Crippen LogP contribution in [0.2, 0.25) is 0 Å². The quantitative estimate of drug-likeness (QED) is 0.658. The van der Waals surface area contributed by atoms with E-state index in [1.807, 2.05) is 0 Å². The standard InChI is InChI=1S/C13H15NO6/c1-19-12-10(14(17)18)6-8(13(15)16)7-11(12)20-9-4-2-3-5-9/h6-7,9H,2-5H2,1H3,(H,15,16). The number of ether oxygens (including phenoxy) is 2. The largest absolute Gasteiger partial charge is 0.488 e. The van der Waals surface area contributed by atoms with E-state index in [0.717, 1.165) is 31.7 Å². The zero-order valence-corrected chi connectivity index (χ0v) is 11.0. The van der Waals surface area contributed by atoms with E-state index in [0.29, 0.717) is 0 Å². The molecule has 7 heteroatoms. The van der Waals surface area contributed by atoms with Crippen molar-refractivity contribution in [2.45, 2.75) is 31.8 Å². The molecule has 0 bridgehead atoms. The number of aromatic carboxylic acids is 1. The van der Waals surface area contributed by atoms with Crippen LogP contribution in [0.1, 0.15) is 36.0 Å². The number of hydrogen-bond donors (Lipinski definition) is 1. The van der Waals surface area contributed by atoms with Crippen LogP contribution in [-0.2, 0) is 0 Å². The van der Waals surface area contributed by atoms with Gasteiger partial charge < -0.3 is 14.6 Å².